The molecular formula is C13H33N5S3. The van der Waals surface area contributed by atoms with Crippen LogP contribution in [0.2, 0.25) is 0 Å². The number of hydrogen-bond acceptors (Lipinski definition) is 8. The third-order valence-corrected chi connectivity index (χ3v) is 5.77. The SMILES string of the molecule is CNC[C@@](C)(CS)NCC(N)(CS)NC[C@@](C)(CS)NC. The highest BCUT2D eigenvalue weighted by Crippen LogP contribution is 2.09. The Balaban J connectivity index is 4.59. The lowest BCUT2D eigenvalue weighted by atomic mass is 10.0. The summed E-state index contributed by atoms with van der Waals surface area (Å²) in [7, 11) is 3.86. The number of nitrogens with two attached hydrogens (primary N) is 1. The molecule has 0 amide bonds. The van der Waals surface area contributed by atoms with Crippen molar-refractivity contribution in [3.8, 4) is 0 Å². The zero-order valence-electron chi connectivity index (χ0n) is 13.7. The number of hydrogen-bond donors (Lipinski definition) is 8. The van der Waals surface area contributed by atoms with Gasteiger partial charge >= 0.3 is 0 Å². The van der Waals surface area contributed by atoms with Crippen LogP contribution in [0.25, 0.3) is 0 Å². The van der Waals surface area contributed by atoms with E-state index in [4.69, 9.17) is 5.73 Å². The molecular weight excluding hydrogens is 322 g/mol. The Hall–Kier alpha value is 0.850. The normalized spacial score (nSPS) is 20.6. The van der Waals surface area contributed by atoms with Crippen LogP contribution in [0.3, 0.4) is 0 Å². The van der Waals surface area contributed by atoms with Gasteiger partial charge in [0.15, 0.2) is 0 Å². The summed E-state index contributed by atoms with van der Waals surface area (Å²) in [4.78, 5) is 0. The molecule has 0 bridgehead atoms. The Morgan fingerprint density at radius 2 is 1.38 bits per heavy atom. The second-order valence-electron chi connectivity index (χ2n) is 6.24. The van der Waals surface area contributed by atoms with Gasteiger partial charge in [0.1, 0.15) is 0 Å². The van der Waals surface area contributed by atoms with Crippen molar-refractivity contribution in [2.24, 2.45) is 5.73 Å². The van der Waals surface area contributed by atoms with Crippen LogP contribution in [0.15, 0.2) is 0 Å². The topological polar surface area (TPSA) is 74.1 Å². The molecule has 0 saturated heterocycles. The van der Waals surface area contributed by atoms with Crippen molar-refractivity contribution >= 4 is 37.9 Å². The minimum absolute atomic E-state index is 0.103. The van der Waals surface area contributed by atoms with Crippen molar-refractivity contribution in [2.75, 3.05) is 51.0 Å². The van der Waals surface area contributed by atoms with E-state index >= 15 is 0 Å². The monoisotopic (exact) mass is 355 g/mol. The van der Waals surface area contributed by atoms with Gasteiger partial charge in [-0.2, -0.15) is 37.9 Å². The summed E-state index contributed by atoms with van der Waals surface area (Å²) in [5, 5.41) is 13.3. The van der Waals surface area contributed by atoms with Crippen molar-refractivity contribution in [3.63, 3.8) is 0 Å². The molecule has 8 heteroatoms. The largest absolute Gasteiger partial charge is 0.318 e. The minimum Gasteiger partial charge on any atom is -0.318 e. The fraction of sp³-hybridized carbons (Fsp3) is 1.00. The molecule has 21 heavy (non-hydrogen) atoms. The maximum atomic E-state index is 6.42. The average Bonchev–Trinajstić information content (AvgIpc) is 2.51. The van der Waals surface area contributed by atoms with Gasteiger partial charge in [-0.25, -0.2) is 0 Å². The van der Waals surface area contributed by atoms with Gasteiger partial charge in [0, 0.05) is 48.0 Å². The van der Waals surface area contributed by atoms with Gasteiger partial charge < -0.3 is 21.7 Å². The van der Waals surface area contributed by atoms with Crippen LogP contribution in [-0.4, -0.2) is 67.7 Å². The third kappa shape index (κ3) is 7.78. The van der Waals surface area contributed by atoms with E-state index in [0.717, 1.165) is 24.6 Å². The van der Waals surface area contributed by atoms with Gasteiger partial charge in [0.05, 0.1) is 5.66 Å². The van der Waals surface area contributed by atoms with Gasteiger partial charge in [-0.15, -0.1) is 0 Å². The molecule has 0 fully saturated rings. The van der Waals surface area contributed by atoms with E-state index in [2.05, 4.69) is 73.0 Å². The summed E-state index contributed by atoms with van der Waals surface area (Å²) in [5.74, 6) is 1.98. The van der Waals surface area contributed by atoms with Crippen LogP contribution in [0, 0.1) is 0 Å². The molecule has 0 aliphatic rings. The molecule has 3 atom stereocenters. The van der Waals surface area contributed by atoms with Crippen molar-refractivity contribution < 1.29 is 0 Å². The van der Waals surface area contributed by atoms with Crippen molar-refractivity contribution in [1.29, 1.82) is 0 Å². The molecule has 0 saturated carbocycles. The van der Waals surface area contributed by atoms with Crippen molar-refractivity contribution in [2.45, 2.75) is 30.6 Å². The van der Waals surface area contributed by atoms with Crippen LogP contribution in [-0.2, 0) is 0 Å². The number of likely N-dealkylation sites (N-methyl/N-ethyl adjacent to an activating group) is 2. The van der Waals surface area contributed by atoms with E-state index < -0.39 is 5.66 Å². The van der Waals surface area contributed by atoms with Gasteiger partial charge in [0.25, 0.3) is 0 Å². The van der Waals surface area contributed by atoms with E-state index in [9.17, 15) is 0 Å². The van der Waals surface area contributed by atoms with Crippen LogP contribution in [0.1, 0.15) is 13.8 Å². The zero-order valence-corrected chi connectivity index (χ0v) is 16.3. The summed E-state index contributed by atoms with van der Waals surface area (Å²) in [6, 6.07) is 0. The van der Waals surface area contributed by atoms with Crippen LogP contribution < -0.4 is 27.0 Å². The molecule has 5 nitrogen and oxygen atoms in total. The minimum atomic E-state index is -0.581. The lowest BCUT2D eigenvalue weighted by molar-refractivity contribution is 0.268. The maximum absolute atomic E-state index is 6.42. The molecule has 0 rings (SSSR count). The van der Waals surface area contributed by atoms with E-state index in [1.165, 1.54) is 0 Å². The first-order valence-electron chi connectivity index (χ1n) is 7.17. The highest BCUT2D eigenvalue weighted by molar-refractivity contribution is 7.80. The Kier molecular flexibility index (Phi) is 10.3. The number of nitrogens with one attached hydrogen (secondary N) is 4. The van der Waals surface area contributed by atoms with E-state index in [1.54, 1.807) is 0 Å². The summed E-state index contributed by atoms with van der Waals surface area (Å²) in [6.45, 7) is 6.39. The molecule has 0 spiro atoms. The average molecular weight is 356 g/mol. The zero-order chi connectivity index (χ0) is 16.6. The standard InChI is InChI=1S/C13H33N5S3/c1-11(8-19,16-4)6-18-13(14,10-21)7-17-12(2,9-20)5-15-3/h15-21H,5-10,14H2,1-4H3/t11-,12-,13?/m0/s1. The third-order valence-electron chi connectivity index (χ3n) is 3.81. The summed E-state index contributed by atoms with van der Waals surface area (Å²) in [5.41, 5.74) is 5.63. The van der Waals surface area contributed by atoms with Crippen LogP contribution in [0.5, 0.6) is 0 Å². The molecule has 0 aromatic heterocycles. The molecule has 6 N–H and O–H groups in total. The van der Waals surface area contributed by atoms with E-state index in [0.29, 0.717) is 12.3 Å². The summed E-state index contributed by atoms with van der Waals surface area (Å²) < 4.78 is 0. The second-order valence-corrected chi connectivity index (χ2v) is 7.19. The smallest absolute Gasteiger partial charge is 0.0881 e. The highest BCUT2D eigenvalue weighted by Gasteiger charge is 2.30. The van der Waals surface area contributed by atoms with Gasteiger partial charge in [-0.3, -0.25) is 5.32 Å². The summed E-state index contributed by atoms with van der Waals surface area (Å²) >= 11 is 13.2. The van der Waals surface area contributed by atoms with Crippen molar-refractivity contribution in [1.82, 2.24) is 21.3 Å². The first-order valence-corrected chi connectivity index (χ1v) is 9.07. The van der Waals surface area contributed by atoms with E-state index in [1.807, 2.05) is 14.1 Å². The van der Waals surface area contributed by atoms with Crippen molar-refractivity contribution in [3.05, 3.63) is 0 Å². The highest BCUT2D eigenvalue weighted by atomic mass is 32.1. The first-order chi connectivity index (χ1) is 9.72. The Morgan fingerprint density at radius 1 is 0.810 bits per heavy atom. The van der Waals surface area contributed by atoms with Gasteiger partial charge in [-0.05, 0) is 27.9 Å². The predicted molar refractivity (Wildman–Crippen MR) is 104 cm³/mol. The lowest BCUT2D eigenvalue weighted by Crippen LogP contribution is -2.68. The summed E-state index contributed by atoms with van der Waals surface area (Å²) in [6.07, 6.45) is 0. The van der Waals surface area contributed by atoms with Crippen LogP contribution in [0.4, 0.5) is 0 Å². The second kappa shape index (κ2) is 9.87. The molecule has 0 heterocycles. The van der Waals surface area contributed by atoms with Gasteiger partial charge in [0.2, 0.25) is 0 Å². The quantitative estimate of drug-likeness (QED) is 0.180. The first kappa shape index (κ1) is 21.9. The molecule has 128 valence electrons. The Labute approximate surface area is 146 Å². The van der Waals surface area contributed by atoms with Gasteiger partial charge in [-0.1, -0.05) is 0 Å². The molecule has 1 unspecified atom stereocenters. The lowest BCUT2D eigenvalue weighted by Gasteiger charge is -2.38. The number of rotatable bonds is 12. The molecule has 0 aliphatic heterocycles. The van der Waals surface area contributed by atoms with E-state index in [-0.39, 0.29) is 11.1 Å². The molecule has 0 aromatic carbocycles. The maximum Gasteiger partial charge on any atom is 0.0881 e. The molecule has 0 radical (unpaired) electrons. The Bertz CT molecular complexity index is 291. The molecule has 0 aliphatic carbocycles. The Morgan fingerprint density at radius 3 is 1.76 bits per heavy atom. The fourth-order valence-corrected chi connectivity index (χ4v) is 2.42. The van der Waals surface area contributed by atoms with Crippen LogP contribution >= 0.6 is 37.9 Å². The number of thiol groups is 3. The predicted octanol–water partition coefficient (Wildman–Crippen LogP) is -0.434. The molecule has 0 aromatic rings. The fourth-order valence-electron chi connectivity index (χ4n) is 1.70.